The highest BCUT2D eigenvalue weighted by atomic mass is 79.9. The van der Waals surface area contributed by atoms with Gasteiger partial charge < -0.3 is 10.3 Å². The quantitative estimate of drug-likeness (QED) is 0.592. The molecule has 0 fully saturated rings. The number of nitrogens with one attached hydrogen (secondary N) is 2. The third kappa shape index (κ3) is 3.75. The number of fused-ring (bicyclic) bond motifs is 1. The predicted octanol–water partition coefficient (Wildman–Crippen LogP) is 1.84. The number of halogens is 1. The second-order valence-electron chi connectivity index (χ2n) is 5.60. The molecule has 0 aliphatic rings. The Bertz CT molecular complexity index is 1080. The molecule has 3 rings (SSSR count). The fraction of sp³-hybridized carbons (Fsp3) is 0.250. The molecule has 26 heavy (non-hydrogen) atoms. The van der Waals surface area contributed by atoms with Crippen molar-refractivity contribution < 1.29 is 4.79 Å². The number of amides is 1. The summed E-state index contributed by atoms with van der Waals surface area (Å²) < 4.78 is 3.29. The average molecular weight is 438 g/mol. The summed E-state index contributed by atoms with van der Waals surface area (Å²) in [6, 6.07) is 7.32. The lowest BCUT2D eigenvalue weighted by Crippen LogP contribution is -2.36. The first kappa shape index (κ1) is 18.5. The van der Waals surface area contributed by atoms with E-state index in [2.05, 4.69) is 31.2 Å². The van der Waals surface area contributed by atoms with Crippen molar-refractivity contribution in [3.05, 3.63) is 49.6 Å². The zero-order chi connectivity index (χ0) is 18.8. The van der Waals surface area contributed by atoms with Crippen LogP contribution >= 0.6 is 27.7 Å². The monoisotopic (exact) mass is 437 g/mol. The second kappa shape index (κ2) is 7.50. The molecule has 0 saturated carbocycles. The van der Waals surface area contributed by atoms with E-state index in [-0.39, 0.29) is 17.8 Å². The summed E-state index contributed by atoms with van der Waals surface area (Å²) in [6.45, 7) is 0. The molecule has 0 atom stereocenters. The van der Waals surface area contributed by atoms with Crippen molar-refractivity contribution in [2.24, 2.45) is 14.1 Å². The molecule has 0 aliphatic carbocycles. The number of imidazole rings is 1. The number of carbonyl (C=O) groups is 1. The number of hydrogen-bond donors (Lipinski definition) is 2. The first-order valence-corrected chi connectivity index (χ1v) is 9.48. The minimum absolute atomic E-state index is 0.112. The molecular weight excluding hydrogens is 422 g/mol. The summed E-state index contributed by atoms with van der Waals surface area (Å²) in [5.41, 5.74) is 0.455. The van der Waals surface area contributed by atoms with Gasteiger partial charge in [0.05, 0.1) is 0 Å². The molecule has 0 spiro atoms. The molecule has 10 heteroatoms. The van der Waals surface area contributed by atoms with Crippen molar-refractivity contribution in [2.45, 2.75) is 11.6 Å². The highest BCUT2D eigenvalue weighted by Gasteiger charge is 2.14. The first-order valence-electron chi connectivity index (χ1n) is 7.71. The number of rotatable bonds is 5. The van der Waals surface area contributed by atoms with Crippen LogP contribution < -0.4 is 16.6 Å². The number of anilines is 1. The van der Waals surface area contributed by atoms with Crippen LogP contribution in [0.3, 0.4) is 0 Å². The van der Waals surface area contributed by atoms with Gasteiger partial charge in [-0.25, -0.2) is 9.78 Å². The number of carbonyl (C=O) groups excluding carboxylic acids is 1. The molecule has 0 radical (unpaired) electrons. The van der Waals surface area contributed by atoms with E-state index in [0.717, 1.165) is 14.7 Å². The van der Waals surface area contributed by atoms with Gasteiger partial charge in [-0.2, -0.15) is 0 Å². The second-order valence-corrected chi connectivity index (χ2v) is 7.60. The van der Waals surface area contributed by atoms with Crippen molar-refractivity contribution >= 4 is 50.5 Å². The largest absolute Gasteiger partial charge is 0.332 e. The van der Waals surface area contributed by atoms with Crippen molar-refractivity contribution in [3.8, 4) is 0 Å². The highest BCUT2D eigenvalue weighted by Crippen LogP contribution is 2.18. The molecule has 136 valence electrons. The summed E-state index contributed by atoms with van der Waals surface area (Å²) in [5, 5.41) is 3.31. The minimum Gasteiger partial charge on any atom is -0.327 e. The van der Waals surface area contributed by atoms with Gasteiger partial charge >= 0.3 is 5.69 Å². The Morgan fingerprint density at radius 3 is 2.62 bits per heavy atom. The smallest absolute Gasteiger partial charge is 0.327 e. The Morgan fingerprint density at radius 2 is 1.92 bits per heavy atom. The van der Waals surface area contributed by atoms with Gasteiger partial charge in [0.25, 0.3) is 5.56 Å². The molecule has 0 aliphatic heterocycles. The van der Waals surface area contributed by atoms with E-state index in [1.54, 1.807) is 7.05 Å². The van der Waals surface area contributed by atoms with E-state index >= 15 is 0 Å². The van der Waals surface area contributed by atoms with E-state index in [4.69, 9.17) is 0 Å². The number of aryl methyl sites for hydroxylation is 1. The number of aromatic nitrogens is 4. The van der Waals surface area contributed by atoms with Crippen LogP contribution in [0, 0.1) is 0 Å². The lowest BCUT2D eigenvalue weighted by molar-refractivity contribution is -0.115. The zero-order valence-corrected chi connectivity index (χ0v) is 16.5. The maximum absolute atomic E-state index is 12.1. The highest BCUT2D eigenvalue weighted by molar-refractivity contribution is 9.10. The Balaban J connectivity index is 1.65. The number of thioether (sulfide) groups is 1. The summed E-state index contributed by atoms with van der Waals surface area (Å²) in [4.78, 5) is 43.2. The molecular formula is C16H16BrN5O3S. The SMILES string of the molecule is Cn1c(=O)c2[nH]c(SCCC(=O)Nc3ccc(Br)cc3)nc2n(C)c1=O. The molecule has 1 aromatic carbocycles. The molecule has 0 unspecified atom stereocenters. The standard InChI is InChI=1S/C16H16BrN5O3S/c1-21-13-12(14(24)22(2)16(21)25)19-15(20-13)26-8-7-11(23)18-10-5-3-9(17)4-6-10/h3-6H,7-8H2,1-2H3,(H,18,23)(H,19,20). The molecule has 2 aromatic heterocycles. The minimum atomic E-state index is -0.431. The number of aromatic amines is 1. The van der Waals surface area contributed by atoms with E-state index < -0.39 is 11.2 Å². The van der Waals surface area contributed by atoms with Gasteiger partial charge in [0.1, 0.15) is 0 Å². The maximum atomic E-state index is 12.1. The topological polar surface area (TPSA) is 102 Å². The van der Waals surface area contributed by atoms with Crippen LogP contribution in [0.1, 0.15) is 6.42 Å². The van der Waals surface area contributed by atoms with Crippen LogP contribution in [0.2, 0.25) is 0 Å². The van der Waals surface area contributed by atoms with E-state index in [1.807, 2.05) is 24.3 Å². The Morgan fingerprint density at radius 1 is 1.23 bits per heavy atom. The molecule has 2 heterocycles. The Labute approximate surface area is 160 Å². The molecule has 2 N–H and O–H groups in total. The molecule has 8 nitrogen and oxygen atoms in total. The van der Waals surface area contributed by atoms with Gasteiger partial charge in [-0.1, -0.05) is 27.7 Å². The van der Waals surface area contributed by atoms with Crippen LogP contribution in [0.25, 0.3) is 11.2 Å². The average Bonchev–Trinajstić information content (AvgIpc) is 3.04. The number of hydrogen-bond acceptors (Lipinski definition) is 5. The van der Waals surface area contributed by atoms with Gasteiger partial charge in [-0.3, -0.25) is 18.7 Å². The normalized spacial score (nSPS) is 11.0. The van der Waals surface area contributed by atoms with Crippen molar-refractivity contribution in [2.75, 3.05) is 11.1 Å². The van der Waals surface area contributed by atoms with Gasteiger partial charge in [0, 0.05) is 36.4 Å². The Kier molecular flexibility index (Phi) is 5.33. The molecule has 3 aromatic rings. The van der Waals surface area contributed by atoms with Crippen LogP contribution in [-0.4, -0.2) is 30.8 Å². The third-order valence-corrected chi connectivity index (χ3v) is 5.17. The zero-order valence-electron chi connectivity index (χ0n) is 14.1. The van der Waals surface area contributed by atoms with E-state index in [0.29, 0.717) is 16.6 Å². The van der Waals surface area contributed by atoms with Crippen LogP contribution in [0.4, 0.5) is 5.69 Å². The molecule has 0 bridgehead atoms. The van der Waals surface area contributed by atoms with Crippen LogP contribution in [0.15, 0.2) is 43.5 Å². The van der Waals surface area contributed by atoms with Crippen molar-refractivity contribution in [1.29, 1.82) is 0 Å². The van der Waals surface area contributed by atoms with Gasteiger partial charge in [-0.05, 0) is 24.3 Å². The van der Waals surface area contributed by atoms with Crippen molar-refractivity contribution in [3.63, 3.8) is 0 Å². The summed E-state index contributed by atoms with van der Waals surface area (Å²) >= 11 is 4.66. The molecule has 0 saturated heterocycles. The van der Waals surface area contributed by atoms with Gasteiger partial charge in [-0.15, -0.1) is 0 Å². The third-order valence-electron chi connectivity index (χ3n) is 3.77. The van der Waals surface area contributed by atoms with Crippen LogP contribution in [-0.2, 0) is 18.9 Å². The first-order chi connectivity index (χ1) is 12.4. The summed E-state index contributed by atoms with van der Waals surface area (Å²) in [6.07, 6.45) is 0.286. The number of H-pyrrole nitrogens is 1. The van der Waals surface area contributed by atoms with Crippen molar-refractivity contribution in [1.82, 2.24) is 19.1 Å². The fourth-order valence-electron chi connectivity index (χ4n) is 2.37. The molecule has 1 amide bonds. The summed E-state index contributed by atoms with van der Waals surface area (Å²) in [5.74, 6) is 0.371. The van der Waals surface area contributed by atoms with Crippen LogP contribution in [0.5, 0.6) is 0 Å². The van der Waals surface area contributed by atoms with E-state index in [9.17, 15) is 14.4 Å². The lowest BCUT2D eigenvalue weighted by atomic mass is 10.3. The Hall–Kier alpha value is -2.33. The number of benzene rings is 1. The predicted molar refractivity (Wildman–Crippen MR) is 105 cm³/mol. The maximum Gasteiger partial charge on any atom is 0.332 e. The lowest BCUT2D eigenvalue weighted by Gasteiger charge is -2.04. The number of nitrogens with zero attached hydrogens (tertiary/aromatic N) is 3. The van der Waals surface area contributed by atoms with E-state index in [1.165, 1.54) is 23.4 Å². The fourth-order valence-corrected chi connectivity index (χ4v) is 3.44. The van der Waals surface area contributed by atoms with Gasteiger partial charge in [0.15, 0.2) is 16.3 Å². The van der Waals surface area contributed by atoms with Gasteiger partial charge in [0.2, 0.25) is 5.91 Å². The summed E-state index contributed by atoms with van der Waals surface area (Å²) in [7, 11) is 2.98.